The molecule has 9 nitrogen and oxygen atoms in total. The summed E-state index contributed by atoms with van der Waals surface area (Å²) < 4.78 is 34.0. The Balaban J connectivity index is 1.34. The van der Waals surface area contributed by atoms with Crippen molar-refractivity contribution in [3.63, 3.8) is 0 Å². The predicted octanol–water partition coefficient (Wildman–Crippen LogP) is -0.571. The smallest absolute Gasteiger partial charge is 0.315 e. The largest absolute Gasteiger partial charge is 0.486 e. The first-order chi connectivity index (χ1) is 12.4. The lowest BCUT2D eigenvalue weighted by Gasteiger charge is -2.26. The van der Waals surface area contributed by atoms with E-state index in [4.69, 9.17) is 9.47 Å². The van der Waals surface area contributed by atoms with Gasteiger partial charge in [-0.15, -0.1) is 0 Å². The van der Waals surface area contributed by atoms with Gasteiger partial charge < -0.3 is 25.4 Å². The molecular formula is C16H21N3O6S. The van der Waals surface area contributed by atoms with Crippen LogP contribution in [0.2, 0.25) is 0 Å². The van der Waals surface area contributed by atoms with Gasteiger partial charge in [-0.2, -0.15) is 0 Å². The normalized spacial score (nSPS) is 23.1. The molecule has 2 heterocycles. The minimum atomic E-state index is -3.05. The Labute approximate surface area is 151 Å². The highest BCUT2D eigenvalue weighted by molar-refractivity contribution is 7.91. The van der Waals surface area contributed by atoms with Crippen LogP contribution >= 0.6 is 0 Å². The number of carbonyl (C=O) groups is 2. The highest BCUT2D eigenvalue weighted by Crippen LogP contribution is 2.30. The topological polar surface area (TPSA) is 123 Å². The fraction of sp³-hybridized carbons (Fsp3) is 0.500. The van der Waals surface area contributed by atoms with E-state index in [0.717, 1.165) is 0 Å². The van der Waals surface area contributed by atoms with Crippen LogP contribution in [0.3, 0.4) is 0 Å². The van der Waals surface area contributed by atoms with Gasteiger partial charge in [0.2, 0.25) is 5.91 Å². The van der Waals surface area contributed by atoms with E-state index in [1.54, 1.807) is 12.1 Å². The lowest BCUT2D eigenvalue weighted by Crippen LogP contribution is -2.48. The van der Waals surface area contributed by atoms with Crippen LogP contribution in [0.5, 0.6) is 11.5 Å². The van der Waals surface area contributed by atoms with Crippen LogP contribution in [0.4, 0.5) is 4.79 Å². The molecule has 0 radical (unpaired) electrons. The van der Waals surface area contributed by atoms with E-state index < -0.39 is 21.8 Å². The third-order valence-corrected chi connectivity index (χ3v) is 5.83. The molecule has 0 bridgehead atoms. The number of urea groups is 1. The summed E-state index contributed by atoms with van der Waals surface area (Å²) in [5.74, 6) is 0.897. The molecule has 3 rings (SSSR count). The molecule has 0 aromatic heterocycles. The number of sulfone groups is 1. The zero-order valence-corrected chi connectivity index (χ0v) is 14.9. The highest BCUT2D eigenvalue weighted by atomic mass is 32.2. The van der Waals surface area contributed by atoms with E-state index >= 15 is 0 Å². The first-order valence-electron chi connectivity index (χ1n) is 8.31. The Morgan fingerprint density at radius 1 is 1.15 bits per heavy atom. The zero-order chi connectivity index (χ0) is 18.6. The molecule has 1 aromatic rings. The quantitative estimate of drug-likeness (QED) is 0.626. The fourth-order valence-corrected chi connectivity index (χ4v) is 4.45. The maximum absolute atomic E-state index is 11.8. The number of ether oxygens (including phenoxy) is 2. The number of nitrogens with one attached hydrogen (secondary N) is 3. The van der Waals surface area contributed by atoms with Crippen LogP contribution in [-0.4, -0.2) is 63.7 Å². The summed E-state index contributed by atoms with van der Waals surface area (Å²) in [5, 5.41) is 7.64. The third kappa shape index (κ3) is 5.01. The maximum Gasteiger partial charge on any atom is 0.315 e. The van der Waals surface area contributed by atoms with Crippen LogP contribution < -0.4 is 25.4 Å². The molecule has 0 spiro atoms. The Morgan fingerprint density at radius 3 is 2.65 bits per heavy atom. The zero-order valence-electron chi connectivity index (χ0n) is 14.1. The van der Waals surface area contributed by atoms with Crippen LogP contribution in [0.1, 0.15) is 6.42 Å². The van der Waals surface area contributed by atoms with Gasteiger partial charge in [0.15, 0.2) is 27.4 Å². The first-order valence-corrected chi connectivity index (χ1v) is 10.1. The van der Waals surface area contributed by atoms with Gasteiger partial charge in [0.1, 0.15) is 6.61 Å². The number of hydrogen-bond acceptors (Lipinski definition) is 6. The van der Waals surface area contributed by atoms with Crippen molar-refractivity contribution in [3.05, 3.63) is 24.3 Å². The number of fused-ring (bicyclic) bond motifs is 1. The van der Waals surface area contributed by atoms with Gasteiger partial charge in [-0.3, -0.25) is 4.79 Å². The molecule has 2 aliphatic rings. The number of para-hydroxylation sites is 2. The summed E-state index contributed by atoms with van der Waals surface area (Å²) in [7, 11) is -3.05. The van der Waals surface area contributed by atoms with Crippen molar-refractivity contribution in [2.24, 2.45) is 0 Å². The summed E-state index contributed by atoms with van der Waals surface area (Å²) >= 11 is 0. The van der Waals surface area contributed by atoms with Gasteiger partial charge in [-0.1, -0.05) is 12.1 Å². The van der Waals surface area contributed by atoms with E-state index in [1.807, 2.05) is 12.1 Å². The lowest BCUT2D eigenvalue weighted by molar-refractivity contribution is -0.120. The Kier molecular flexibility index (Phi) is 5.50. The average molecular weight is 383 g/mol. The molecule has 2 atom stereocenters. The van der Waals surface area contributed by atoms with Crippen molar-refractivity contribution in [3.8, 4) is 11.5 Å². The molecular weight excluding hydrogens is 362 g/mol. The van der Waals surface area contributed by atoms with Crippen molar-refractivity contribution < 1.29 is 27.5 Å². The van der Waals surface area contributed by atoms with E-state index in [0.29, 0.717) is 24.5 Å². The highest BCUT2D eigenvalue weighted by Gasteiger charge is 2.28. The molecule has 1 aromatic carbocycles. The van der Waals surface area contributed by atoms with E-state index in [9.17, 15) is 18.0 Å². The summed E-state index contributed by atoms with van der Waals surface area (Å²) in [5.41, 5.74) is 0. The number of hydrogen-bond donors (Lipinski definition) is 3. The second-order valence-electron chi connectivity index (χ2n) is 6.23. The SMILES string of the molecule is O=C(CNC(=O)NCC1COc2ccccc2O1)NC1CCS(=O)(=O)C1. The minimum Gasteiger partial charge on any atom is -0.486 e. The van der Waals surface area contributed by atoms with E-state index in [2.05, 4.69) is 16.0 Å². The van der Waals surface area contributed by atoms with Gasteiger partial charge in [0, 0.05) is 6.04 Å². The van der Waals surface area contributed by atoms with Crippen molar-refractivity contribution in [2.45, 2.75) is 18.6 Å². The molecule has 10 heteroatoms. The standard InChI is InChI=1S/C16H21N3O6S/c20-15(19-11-5-6-26(22,23)10-11)8-18-16(21)17-7-12-9-24-13-3-1-2-4-14(13)25-12/h1-4,11-12H,5-10H2,(H,19,20)(H2,17,18,21). The molecule has 142 valence electrons. The molecule has 2 aliphatic heterocycles. The number of benzene rings is 1. The Morgan fingerprint density at radius 2 is 1.92 bits per heavy atom. The fourth-order valence-electron chi connectivity index (χ4n) is 2.78. The van der Waals surface area contributed by atoms with Crippen LogP contribution in [-0.2, 0) is 14.6 Å². The van der Waals surface area contributed by atoms with Gasteiger partial charge in [-0.05, 0) is 18.6 Å². The summed E-state index contributed by atoms with van der Waals surface area (Å²) in [6.07, 6.45) is 0.0778. The molecule has 0 saturated carbocycles. The van der Waals surface area contributed by atoms with E-state index in [1.165, 1.54) is 0 Å². The van der Waals surface area contributed by atoms with Crippen molar-refractivity contribution >= 4 is 21.8 Å². The average Bonchev–Trinajstić information content (AvgIpc) is 2.96. The molecule has 1 saturated heterocycles. The van der Waals surface area contributed by atoms with Gasteiger partial charge in [0.05, 0.1) is 24.6 Å². The van der Waals surface area contributed by atoms with Crippen molar-refractivity contribution in [1.29, 1.82) is 0 Å². The van der Waals surface area contributed by atoms with Crippen molar-refractivity contribution in [2.75, 3.05) is 31.2 Å². The van der Waals surface area contributed by atoms with Crippen LogP contribution in [0.15, 0.2) is 24.3 Å². The molecule has 3 N–H and O–H groups in total. The number of amides is 3. The molecule has 0 aliphatic carbocycles. The van der Waals surface area contributed by atoms with Crippen LogP contribution in [0, 0.1) is 0 Å². The second kappa shape index (κ2) is 7.81. The molecule has 26 heavy (non-hydrogen) atoms. The third-order valence-electron chi connectivity index (χ3n) is 4.06. The second-order valence-corrected chi connectivity index (χ2v) is 8.46. The molecule has 3 amide bonds. The monoisotopic (exact) mass is 383 g/mol. The number of rotatable bonds is 5. The van der Waals surface area contributed by atoms with Gasteiger partial charge in [0.25, 0.3) is 0 Å². The maximum atomic E-state index is 11.8. The first kappa shape index (κ1) is 18.3. The Bertz CT molecular complexity index is 782. The molecule has 1 fully saturated rings. The minimum absolute atomic E-state index is 0.0502. The van der Waals surface area contributed by atoms with Gasteiger partial charge >= 0.3 is 6.03 Å². The number of carbonyl (C=O) groups excluding carboxylic acids is 2. The summed E-state index contributed by atoms with van der Waals surface area (Å²) in [6, 6.07) is 6.38. The van der Waals surface area contributed by atoms with E-state index in [-0.39, 0.29) is 36.7 Å². The molecule has 2 unspecified atom stereocenters. The lowest BCUT2D eigenvalue weighted by atomic mass is 10.2. The van der Waals surface area contributed by atoms with Crippen LogP contribution in [0.25, 0.3) is 0 Å². The van der Waals surface area contributed by atoms with Gasteiger partial charge in [-0.25, -0.2) is 13.2 Å². The predicted molar refractivity (Wildman–Crippen MR) is 93.0 cm³/mol. The summed E-state index contributed by atoms with van der Waals surface area (Å²) in [4.78, 5) is 23.5. The Hall–Kier alpha value is -2.49. The summed E-state index contributed by atoms with van der Waals surface area (Å²) in [6.45, 7) is 0.309. The van der Waals surface area contributed by atoms with Crippen molar-refractivity contribution in [1.82, 2.24) is 16.0 Å².